The van der Waals surface area contributed by atoms with E-state index in [-0.39, 0.29) is 29.4 Å². The molecule has 0 spiro atoms. The number of benzene rings is 1. The van der Waals surface area contributed by atoms with Gasteiger partial charge in [-0.05, 0) is 6.07 Å². The van der Waals surface area contributed by atoms with Crippen LogP contribution in [0.3, 0.4) is 0 Å². The van der Waals surface area contributed by atoms with Crippen molar-refractivity contribution in [3.8, 4) is 5.75 Å². The SMILES string of the molecule is Nc1nc2c(ncn2Cc2ccc(O)cc2F)c(=O)[nH]1. The van der Waals surface area contributed by atoms with Crippen LogP contribution in [0.1, 0.15) is 5.56 Å². The number of nitrogens with one attached hydrogen (secondary N) is 1. The summed E-state index contributed by atoms with van der Waals surface area (Å²) >= 11 is 0. The van der Waals surface area contributed by atoms with E-state index in [4.69, 9.17) is 5.73 Å². The molecule has 0 amide bonds. The summed E-state index contributed by atoms with van der Waals surface area (Å²) in [7, 11) is 0. The number of fused-ring (bicyclic) bond motifs is 1. The maximum Gasteiger partial charge on any atom is 0.280 e. The maximum atomic E-state index is 13.7. The number of rotatable bonds is 2. The largest absolute Gasteiger partial charge is 0.508 e. The molecule has 3 aromatic rings. The van der Waals surface area contributed by atoms with Gasteiger partial charge in [-0.2, -0.15) is 4.98 Å². The average Bonchev–Trinajstić information content (AvgIpc) is 2.76. The number of aromatic amines is 1. The van der Waals surface area contributed by atoms with Gasteiger partial charge >= 0.3 is 0 Å². The van der Waals surface area contributed by atoms with E-state index in [1.54, 1.807) is 0 Å². The van der Waals surface area contributed by atoms with Crippen LogP contribution >= 0.6 is 0 Å². The summed E-state index contributed by atoms with van der Waals surface area (Å²) < 4.78 is 15.2. The van der Waals surface area contributed by atoms with Crippen molar-refractivity contribution >= 4 is 17.1 Å². The predicted molar refractivity (Wildman–Crippen MR) is 69.7 cm³/mol. The minimum absolute atomic E-state index is 0.0320. The molecular weight excluding hydrogens is 265 g/mol. The minimum Gasteiger partial charge on any atom is -0.508 e. The van der Waals surface area contributed by atoms with Crippen molar-refractivity contribution in [2.24, 2.45) is 0 Å². The lowest BCUT2D eigenvalue weighted by Gasteiger charge is -2.05. The monoisotopic (exact) mass is 275 g/mol. The van der Waals surface area contributed by atoms with Gasteiger partial charge in [0, 0.05) is 11.6 Å². The molecule has 0 bridgehead atoms. The lowest BCUT2D eigenvalue weighted by molar-refractivity contribution is 0.467. The Bertz CT molecular complexity index is 855. The second kappa shape index (κ2) is 4.34. The number of phenols is 1. The number of halogens is 1. The molecule has 7 nitrogen and oxygen atoms in total. The number of phenolic OH excluding ortho intramolecular Hbond substituents is 1. The molecule has 0 aliphatic heterocycles. The third kappa shape index (κ3) is 1.96. The highest BCUT2D eigenvalue weighted by Gasteiger charge is 2.11. The molecule has 0 aliphatic carbocycles. The van der Waals surface area contributed by atoms with E-state index in [1.165, 1.54) is 23.0 Å². The van der Waals surface area contributed by atoms with Crippen molar-refractivity contribution in [2.45, 2.75) is 6.54 Å². The number of anilines is 1. The number of H-pyrrole nitrogens is 1. The zero-order valence-electron chi connectivity index (χ0n) is 10.2. The number of hydrogen-bond acceptors (Lipinski definition) is 5. The van der Waals surface area contributed by atoms with Crippen LogP contribution in [-0.2, 0) is 6.54 Å². The summed E-state index contributed by atoms with van der Waals surface area (Å²) in [5.74, 6) is -0.736. The van der Waals surface area contributed by atoms with Crippen LogP contribution in [0, 0.1) is 5.82 Å². The Morgan fingerprint density at radius 1 is 1.45 bits per heavy atom. The number of nitrogen functional groups attached to an aromatic ring is 1. The summed E-state index contributed by atoms with van der Waals surface area (Å²) in [5, 5.41) is 9.17. The molecular formula is C12H10FN5O2. The van der Waals surface area contributed by atoms with E-state index in [2.05, 4.69) is 15.0 Å². The van der Waals surface area contributed by atoms with Crippen LogP contribution < -0.4 is 11.3 Å². The topological polar surface area (TPSA) is 110 Å². The van der Waals surface area contributed by atoms with Gasteiger partial charge < -0.3 is 15.4 Å². The van der Waals surface area contributed by atoms with E-state index in [0.29, 0.717) is 5.56 Å². The van der Waals surface area contributed by atoms with Crippen molar-refractivity contribution in [2.75, 3.05) is 5.73 Å². The van der Waals surface area contributed by atoms with Gasteiger partial charge in [0.25, 0.3) is 5.56 Å². The first-order valence-electron chi connectivity index (χ1n) is 5.72. The van der Waals surface area contributed by atoms with Gasteiger partial charge in [-0.1, -0.05) is 6.07 Å². The summed E-state index contributed by atoms with van der Waals surface area (Å²) in [6, 6.07) is 3.85. The van der Waals surface area contributed by atoms with Crippen molar-refractivity contribution in [1.29, 1.82) is 0 Å². The van der Waals surface area contributed by atoms with E-state index in [9.17, 15) is 14.3 Å². The Morgan fingerprint density at radius 3 is 3.00 bits per heavy atom. The summed E-state index contributed by atoms with van der Waals surface area (Å²) in [5.41, 5.74) is 5.78. The van der Waals surface area contributed by atoms with Crippen LogP contribution in [0.15, 0.2) is 29.3 Å². The number of imidazole rings is 1. The number of hydrogen-bond donors (Lipinski definition) is 3. The smallest absolute Gasteiger partial charge is 0.280 e. The van der Waals surface area contributed by atoms with E-state index in [0.717, 1.165) is 6.07 Å². The molecule has 0 saturated heterocycles. The standard InChI is InChI=1S/C12H10FN5O2/c13-8-3-7(19)2-1-6(8)4-18-5-15-9-10(18)16-12(14)17-11(9)20/h1-3,5,19H,4H2,(H3,14,16,17,20). The predicted octanol–water partition coefficient (Wildman–Crippen LogP) is 0.595. The Morgan fingerprint density at radius 2 is 2.25 bits per heavy atom. The van der Waals surface area contributed by atoms with Gasteiger partial charge in [-0.15, -0.1) is 0 Å². The highest BCUT2D eigenvalue weighted by molar-refractivity contribution is 5.70. The van der Waals surface area contributed by atoms with Crippen molar-refractivity contribution in [3.05, 3.63) is 46.3 Å². The van der Waals surface area contributed by atoms with Gasteiger partial charge in [-0.25, -0.2) is 9.37 Å². The zero-order valence-corrected chi connectivity index (χ0v) is 10.2. The molecule has 2 heterocycles. The van der Waals surface area contributed by atoms with Crippen LogP contribution in [0.25, 0.3) is 11.2 Å². The molecule has 1 aromatic carbocycles. The van der Waals surface area contributed by atoms with Crippen LogP contribution in [0.4, 0.5) is 10.3 Å². The molecule has 2 aromatic heterocycles. The first kappa shape index (κ1) is 12.2. The maximum absolute atomic E-state index is 13.7. The Balaban J connectivity index is 2.09. The number of aromatic hydroxyl groups is 1. The van der Waals surface area contributed by atoms with Gasteiger partial charge in [-0.3, -0.25) is 9.78 Å². The van der Waals surface area contributed by atoms with Gasteiger partial charge in [0.1, 0.15) is 11.6 Å². The van der Waals surface area contributed by atoms with Crippen LogP contribution in [0.2, 0.25) is 0 Å². The van der Waals surface area contributed by atoms with E-state index >= 15 is 0 Å². The van der Waals surface area contributed by atoms with Crippen molar-refractivity contribution < 1.29 is 9.50 Å². The fraction of sp³-hybridized carbons (Fsp3) is 0.0833. The first-order valence-corrected chi connectivity index (χ1v) is 5.72. The van der Waals surface area contributed by atoms with Crippen LogP contribution in [0.5, 0.6) is 5.75 Å². The third-order valence-electron chi connectivity index (χ3n) is 2.87. The van der Waals surface area contributed by atoms with E-state index < -0.39 is 11.4 Å². The fourth-order valence-electron chi connectivity index (χ4n) is 1.93. The van der Waals surface area contributed by atoms with Gasteiger partial charge in [0.15, 0.2) is 11.2 Å². The number of aromatic nitrogens is 4. The second-order valence-electron chi connectivity index (χ2n) is 4.27. The lowest BCUT2D eigenvalue weighted by atomic mass is 10.2. The molecule has 20 heavy (non-hydrogen) atoms. The zero-order chi connectivity index (χ0) is 14.3. The quantitative estimate of drug-likeness (QED) is 0.634. The van der Waals surface area contributed by atoms with E-state index in [1.807, 2.05) is 0 Å². The molecule has 0 atom stereocenters. The van der Waals surface area contributed by atoms with Gasteiger partial charge in [0.05, 0.1) is 12.9 Å². The van der Waals surface area contributed by atoms with Crippen molar-refractivity contribution in [1.82, 2.24) is 19.5 Å². The number of nitrogens with zero attached hydrogens (tertiary/aromatic N) is 3. The first-order chi connectivity index (χ1) is 9.54. The minimum atomic E-state index is -0.551. The average molecular weight is 275 g/mol. The molecule has 102 valence electrons. The van der Waals surface area contributed by atoms with Crippen molar-refractivity contribution in [3.63, 3.8) is 0 Å². The number of nitrogens with two attached hydrogens (primary N) is 1. The Labute approximate surface area is 111 Å². The second-order valence-corrected chi connectivity index (χ2v) is 4.27. The molecule has 0 saturated carbocycles. The molecule has 3 rings (SSSR count). The summed E-state index contributed by atoms with van der Waals surface area (Å²) in [6.45, 7) is 0.124. The van der Waals surface area contributed by atoms with Gasteiger partial charge in [0.2, 0.25) is 5.95 Å². The molecule has 4 N–H and O–H groups in total. The Hall–Kier alpha value is -2.90. The highest BCUT2D eigenvalue weighted by atomic mass is 19.1. The molecule has 8 heteroatoms. The fourth-order valence-corrected chi connectivity index (χ4v) is 1.93. The normalized spacial score (nSPS) is 11.1. The molecule has 0 radical (unpaired) electrons. The molecule has 0 aliphatic rings. The third-order valence-corrected chi connectivity index (χ3v) is 2.87. The lowest BCUT2D eigenvalue weighted by Crippen LogP contribution is -2.12. The molecule has 0 fully saturated rings. The van der Waals surface area contributed by atoms with Crippen LogP contribution in [-0.4, -0.2) is 24.6 Å². The molecule has 0 unspecified atom stereocenters. The highest BCUT2D eigenvalue weighted by Crippen LogP contribution is 2.17. The summed E-state index contributed by atoms with van der Waals surface area (Å²) in [4.78, 5) is 21.9. The Kier molecular flexibility index (Phi) is 2.63. The summed E-state index contributed by atoms with van der Waals surface area (Å²) in [6.07, 6.45) is 1.39.